The molecule has 0 aliphatic heterocycles. The summed E-state index contributed by atoms with van der Waals surface area (Å²) in [4.78, 5) is 28.4. The van der Waals surface area contributed by atoms with Gasteiger partial charge in [0.1, 0.15) is 15.7 Å². The van der Waals surface area contributed by atoms with Crippen LogP contribution in [0.2, 0.25) is 0 Å². The fourth-order valence-corrected chi connectivity index (χ4v) is 5.26. The van der Waals surface area contributed by atoms with Crippen LogP contribution >= 0.6 is 34.4 Å². The van der Waals surface area contributed by atoms with E-state index in [2.05, 4.69) is 24.1 Å². The van der Waals surface area contributed by atoms with Gasteiger partial charge in [-0.05, 0) is 39.2 Å². The van der Waals surface area contributed by atoms with E-state index in [1.54, 1.807) is 11.3 Å². The number of aromatic nitrogens is 3. The molecule has 0 aromatic carbocycles. The van der Waals surface area contributed by atoms with E-state index in [1.165, 1.54) is 46.4 Å². The third-order valence-electron chi connectivity index (χ3n) is 4.16. The minimum atomic E-state index is -0.0521. The van der Waals surface area contributed by atoms with E-state index in [-0.39, 0.29) is 5.91 Å². The molecule has 3 aromatic rings. The molecule has 1 saturated carbocycles. The Morgan fingerprint density at radius 2 is 2.08 bits per heavy atom. The highest BCUT2D eigenvalue weighted by Gasteiger charge is 2.28. The minimum absolute atomic E-state index is 0.0521. The van der Waals surface area contributed by atoms with Crippen molar-refractivity contribution in [2.45, 2.75) is 44.6 Å². The monoisotopic (exact) mass is 390 g/mol. The van der Waals surface area contributed by atoms with Crippen LogP contribution < -0.4 is 5.32 Å². The Bertz CT molecular complexity index is 958. The molecule has 4 rings (SSSR count). The van der Waals surface area contributed by atoms with Gasteiger partial charge in [-0.25, -0.2) is 15.0 Å². The van der Waals surface area contributed by atoms with Gasteiger partial charge in [-0.15, -0.1) is 22.7 Å². The van der Waals surface area contributed by atoms with Crippen LogP contribution in [-0.2, 0) is 4.79 Å². The SMILES string of the molecule is Cc1csc(NC(=O)CSc2nc(C3CC3)nc3sc(C)c(C)c23)n1. The summed E-state index contributed by atoms with van der Waals surface area (Å²) < 4.78 is 0. The third-order valence-corrected chi connectivity index (χ3v) is 7.11. The Kier molecular flexibility index (Phi) is 4.51. The van der Waals surface area contributed by atoms with E-state index < -0.39 is 0 Å². The Morgan fingerprint density at radius 3 is 2.76 bits per heavy atom. The van der Waals surface area contributed by atoms with Gasteiger partial charge in [0.2, 0.25) is 5.91 Å². The molecule has 3 aromatic heterocycles. The zero-order valence-electron chi connectivity index (χ0n) is 14.3. The fraction of sp³-hybridized carbons (Fsp3) is 0.412. The second-order valence-corrected chi connectivity index (χ2v) is 9.28. The van der Waals surface area contributed by atoms with Gasteiger partial charge in [-0.3, -0.25) is 4.79 Å². The maximum atomic E-state index is 12.2. The van der Waals surface area contributed by atoms with Crippen molar-refractivity contribution in [3.63, 3.8) is 0 Å². The lowest BCUT2D eigenvalue weighted by atomic mass is 10.2. The van der Waals surface area contributed by atoms with Crippen molar-refractivity contribution in [2.75, 3.05) is 11.1 Å². The lowest BCUT2D eigenvalue weighted by molar-refractivity contribution is -0.113. The number of fused-ring (bicyclic) bond motifs is 1. The number of carbonyl (C=O) groups excluding carboxylic acids is 1. The molecule has 1 fully saturated rings. The number of thiazole rings is 1. The van der Waals surface area contributed by atoms with E-state index in [9.17, 15) is 4.79 Å². The van der Waals surface area contributed by atoms with Crippen LogP contribution in [-0.4, -0.2) is 26.6 Å². The smallest absolute Gasteiger partial charge is 0.236 e. The molecule has 0 saturated heterocycles. The van der Waals surface area contributed by atoms with Crippen molar-refractivity contribution < 1.29 is 4.79 Å². The number of carbonyl (C=O) groups is 1. The van der Waals surface area contributed by atoms with E-state index in [0.29, 0.717) is 16.8 Å². The number of nitrogens with zero attached hydrogens (tertiary/aromatic N) is 3. The first-order valence-corrected chi connectivity index (χ1v) is 10.8. The second-order valence-electron chi connectivity index (χ2n) is 6.26. The molecule has 1 N–H and O–H groups in total. The summed E-state index contributed by atoms with van der Waals surface area (Å²) in [6.07, 6.45) is 2.34. The van der Waals surface area contributed by atoms with Crippen molar-refractivity contribution in [2.24, 2.45) is 0 Å². The molecule has 8 heteroatoms. The van der Waals surface area contributed by atoms with E-state index in [1.807, 2.05) is 12.3 Å². The zero-order valence-corrected chi connectivity index (χ0v) is 16.7. The molecule has 3 heterocycles. The van der Waals surface area contributed by atoms with Gasteiger partial charge in [0.15, 0.2) is 5.13 Å². The second kappa shape index (κ2) is 6.66. The lowest BCUT2D eigenvalue weighted by Crippen LogP contribution is -2.14. The first-order valence-electron chi connectivity index (χ1n) is 8.13. The topological polar surface area (TPSA) is 67.8 Å². The quantitative estimate of drug-likeness (QED) is 0.506. The summed E-state index contributed by atoms with van der Waals surface area (Å²) in [7, 11) is 0. The van der Waals surface area contributed by atoms with Crippen LogP contribution in [0.1, 0.15) is 40.7 Å². The van der Waals surface area contributed by atoms with Gasteiger partial charge in [0, 0.05) is 21.6 Å². The molecule has 0 bridgehead atoms. The normalized spacial score (nSPS) is 14.2. The van der Waals surface area contributed by atoms with Crippen LogP contribution in [0.3, 0.4) is 0 Å². The number of anilines is 1. The number of thioether (sulfide) groups is 1. The van der Waals surface area contributed by atoms with Crippen molar-refractivity contribution in [1.82, 2.24) is 15.0 Å². The van der Waals surface area contributed by atoms with Crippen molar-refractivity contribution >= 4 is 55.7 Å². The molecule has 5 nitrogen and oxygen atoms in total. The molecule has 25 heavy (non-hydrogen) atoms. The Labute approximate surface area is 158 Å². The molecule has 1 amide bonds. The summed E-state index contributed by atoms with van der Waals surface area (Å²) >= 11 is 4.66. The number of aryl methyl sites for hydroxylation is 3. The number of rotatable bonds is 5. The maximum Gasteiger partial charge on any atom is 0.236 e. The molecule has 0 spiro atoms. The molecule has 0 atom stereocenters. The Hall–Kier alpha value is -1.51. The van der Waals surface area contributed by atoms with Crippen LogP contribution in [0, 0.1) is 20.8 Å². The van der Waals surface area contributed by atoms with Crippen molar-refractivity contribution in [3.8, 4) is 0 Å². The molecule has 1 aliphatic rings. The zero-order chi connectivity index (χ0) is 17.6. The van der Waals surface area contributed by atoms with Gasteiger partial charge >= 0.3 is 0 Å². The molecule has 0 unspecified atom stereocenters. The third kappa shape index (κ3) is 3.56. The van der Waals surface area contributed by atoms with Gasteiger partial charge in [-0.2, -0.15) is 0 Å². The minimum Gasteiger partial charge on any atom is -0.301 e. The lowest BCUT2D eigenvalue weighted by Gasteiger charge is -2.06. The van der Waals surface area contributed by atoms with Crippen molar-refractivity contribution in [1.29, 1.82) is 0 Å². The van der Waals surface area contributed by atoms with Crippen LogP contribution in [0.5, 0.6) is 0 Å². The van der Waals surface area contributed by atoms with Gasteiger partial charge < -0.3 is 5.32 Å². The number of thiophene rings is 1. The Balaban J connectivity index is 1.56. The average molecular weight is 391 g/mol. The number of hydrogen-bond acceptors (Lipinski definition) is 7. The number of amides is 1. The first-order chi connectivity index (χ1) is 12.0. The molecular formula is C17H18N4OS3. The van der Waals surface area contributed by atoms with E-state index in [0.717, 1.165) is 26.8 Å². The largest absolute Gasteiger partial charge is 0.301 e. The summed E-state index contributed by atoms with van der Waals surface area (Å²) in [5.74, 6) is 1.71. The van der Waals surface area contributed by atoms with Gasteiger partial charge in [0.05, 0.1) is 11.4 Å². The number of hydrogen-bond donors (Lipinski definition) is 1. The standard InChI is InChI=1S/C17H18N4OS3/c1-8-6-24-17(18-8)19-12(22)7-23-15-13-9(2)10(3)25-16(13)21-14(20-15)11-4-5-11/h6,11H,4-5,7H2,1-3H3,(H,18,19,22). The molecule has 0 radical (unpaired) electrons. The van der Waals surface area contributed by atoms with E-state index >= 15 is 0 Å². The van der Waals surface area contributed by atoms with Crippen LogP contribution in [0.4, 0.5) is 5.13 Å². The molecule has 130 valence electrons. The summed E-state index contributed by atoms with van der Waals surface area (Å²) in [5, 5.41) is 7.47. The van der Waals surface area contributed by atoms with E-state index in [4.69, 9.17) is 9.97 Å². The molecule has 1 aliphatic carbocycles. The Morgan fingerprint density at radius 1 is 1.28 bits per heavy atom. The number of nitrogens with one attached hydrogen (secondary N) is 1. The summed E-state index contributed by atoms with van der Waals surface area (Å²) in [6, 6.07) is 0. The highest BCUT2D eigenvalue weighted by molar-refractivity contribution is 8.00. The summed E-state index contributed by atoms with van der Waals surface area (Å²) in [6.45, 7) is 6.14. The predicted octanol–water partition coefficient (Wildman–Crippen LogP) is 4.68. The highest BCUT2D eigenvalue weighted by Crippen LogP contribution is 2.42. The van der Waals surface area contributed by atoms with Crippen LogP contribution in [0.15, 0.2) is 10.4 Å². The first kappa shape index (κ1) is 16.9. The summed E-state index contributed by atoms with van der Waals surface area (Å²) in [5.41, 5.74) is 2.14. The van der Waals surface area contributed by atoms with Crippen LogP contribution in [0.25, 0.3) is 10.2 Å². The molecular weight excluding hydrogens is 372 g/mol. The predicted molar refractivity (Wildman–Crippen MR) is 105 cm³/mol. The van der Waals surface area contributed by atoms with Gasteiger partial charge in [0.25, 0.3) is 0 Å². The average Bonchev–Trinajstić information content (AvgIpc) is 3.29. The van der Waals surface area contributed by atoms with Crippen molar-refractivity contribution in [3.05, 3.63) is 27.3 Å². The fourth-order valence-electron chi connectivity index (χ4n) is 2.56. The highest BCUT2D eigenvalue weighted by atomic mass is 32.2. The maximum absolute atomic E-state index is 12.2. The van der Waals surface area contributed by atoms with Gasteiger partial charge in [-0.1, -0.05) is 11.8 Å².